The summed E-state index contributed by atoms with van der Waals surface area (Å²) < 4.78 is 1.74. The van der Waals surface area contributed by atoms with Crippen LogP contribution in [0, 0.1) is 6.92 Å². The Bertz CT molecular complexity index is 636. The Hall–Kier alpha value is -2.14. The molecule has 0 fully saturated rings. The van der Waals surface area contributed by atoms with Gasteiger partial charge in [-0.3, -0.25) is 14.3 Å². The minimum absolute atomic E-state index is 0.0258. The number of hydrogen-bond acceptors (Lipinski definition) is 3. The second kappa shape index (κ2) is 7.22. The number of benzene rings is 1. The van der Waals surface area contributed by atoms with Gasteiger partial charge < -0.3 is 0 Å². The van der Waals surface area contributed by atoms with E-state index in [1.807, 2.05) is 51.4 Å². The first-order chi connectivity index (χ1) is 10.5. The molecule has 1 aromatic heterocycles. The molecule has 1 aromatic carbocycles. The van der Waals surface area contributed by atoms with Crippen molar-refractivity contribution in [3.05, 3.63) is 53.3 Å². The summed E-state index contributed by atoms with van der Waals surface area (Å²) in [6.45, 7) is 4.02. The van der Waals surface area contributed by atoms with E-state index in [1.54, 1.807) is 10.9 Å². The smallest absolute Gasteiger partial charge is 0.247 e. The second-order valence-electron chi connectivity index (χ2n) is 5.46. The summed E-state index contributed by atoms with van der Waals surface area (Å²) in [5.74, 6) is -0.0258. The van der Waals surface area contributed by atoms with Crippen LogP contribution in [0.4, 0.5) is 0 Å². The number of nitrogens with zero attached hydrogens (tertiary/aromatic N) is 3. The Balaban J connectivity index is 2.03. The normalized spacial score (nSPS) is 12.2. The minimum Gasteiger partial charge on any atom is -0.276 e. The van der Waals surface area contributed by atoms with Crippen LogP contribution in [0.5, 0.6) is 0 Å². The molecule has 5 nitrogen and oxygen atoms in total. The Morgan fingerprint density at radius 1 is 1.41 bits per heavy atom. The molecule has 1 atom stereocenters. The van der Waals surface area contributed by atoms with Gasteiger partial charge in [-0.2, -0.15) is 5.10 Å². The van der Waals surface area contributed by atoms with Gasteiger partial charge in [0, 0.05) is 19.7 Å². The topological polar surface area (TPSA) is 47.4 Å². The van der Waals surface area contributed by atoms with E-state index in [2.05, 4.69) is 5.10 Å². The number of carbonyl (C=O) groups is 1. The molecule has 0 radical (unpaired) electrons. The molecule has 1 heterocycles. The van der Waals surface area contributed by atoms with Gasteiger partial charge in [0.2, 0.25) is 5.91 Å². The van der Waals surface area contributed by atoms with Gasteiger partial charge in [0.1, 0.15) is 0 Å². The average molecular weight is 301 g/mol. The van der Waals surface area contributed by atoms with Crippen LogP contribution in [0.25, 0.3) is 0 Å². The highest BCUT2D eigenvalue weighted by atomic mass is 16.7. The van der Waals surface area contributed by atoms with Crippen LogP contribution in [-0.4, -0.2) is 27.9 Å². The summed E-state index contributed by atoms with van der Waals surface area (Å²) in [5, 5.41) is 5.57. The van der Waals surface area contributed by atoms with Gasteiger partial charge >= 0.3 is 0 Å². The molecule has 2 aromatic rings. The lowest BCUT2D eigenvalue weighted by molar-refractivity contribution is -0.187. The van der Waals surface area contributed by atoms with Gasteiger partial charge in [0.25, 0.3) is 0 Å². The van der Waals surface area contributed by atoms with Crippen LogP contribution in [0.3, 0.4) is 0 Å². The van der Waals surface area contributed by atoms with E-state index < -0.39 is 0 Å². The number of rotatable bonds is 6. The molecule has 0 saturated heterocycles. The molecule has 2 rings (SSSR count). The molecule has 0 saturated carbocycles. The Morgan fingerprint density at radius 2 is 2.14 bits per heavy atom. The zero-order valence-corrected chi connectivity index (χ0v) is 13.6. The molecule has 0 bridgehead atoms. The van der Waals surface area contributed by atoms with Crippen molar-refractivity contribution < 1.29 is 9.63 Å². The van der Waals surface area contributed by atoms with Crippen molar-refractivity contribution in [2.75, 3.05) is 7.11 Å². The van der Waals surface area contributed by atoms with Gasteiger partial charge in [-0.1, -0.05) is 24.3 Å². The second-order valence-corrected chi connectivity index (χ2v) is 5.46. The van der Waals surface area contributed by atoms with E-state index in [4.69, 9.17) is 4.84 Å². The molecule has 22 heavy (non-hydrogen) atoms. The van der Waals surface area contributed by atoms with Crippen LogP contribution in [0.15, 0.2) is 36.7 Å². The third-order valence-corrected chi connectivity index (χ3v) is 3.82. The lowest BCUT2D eigenvalue weighted by atomic mass is 10.0. The lowest BCUT2D eigenvalue weighted by Gasteiger charge is -2.28. The van der Waals surface area contributed by atoms with E-state index in [1.165, 1.54) is 12.2 Å². The van der Waals surface area contributed by atoms with Crippen LogP contribution in [0.1, 0.15) is 36.1 Å². The van der Waals surface area contributed by atoms with Gasteiger partial charge in [-0.15, -0.1) is 0 Å². The summed E-state index contributed by atoms with van der Waals surface area (Å²) >= 11 is 0. The number of carbonyl (C=O) groups excluding carboxylic acids is 1. The van der Waals surface area contributed by atoms with Crippen molar-refractivity contribution in [1.29, 1.82) is 0 Å². The van der Waals surface area contributed by atoms with E-state index >= 15 is 0 Å². The predicted molar refractivity (Wildman–Crippen MR) is 85.0 cm³/mol. The third-order valence-electron chi connectivity index (χ3n) is 3.82. The first-order valence-electron chi connectivity index (χ1n) is 7.42. The molecular formula is C17H23N3O2. The van der Waals surface area contributed by atoms with E-state index in [9.17, 15) is 4.79 Å². The summed E-state index contributed by atoms with van der Waals surface area (Å²) in [6, 6.07) is 7.92. The number of hydroxylamine groups is 2. The Labute approximate surface area is 131 Å². The van der Waals surface area contributed by atoms with Crippen molar-refractivity contribution in [3.63, 3.8) is 0 Å². The third kappa shape index (κ3) is 3.74. The Morgan fingerprint density at radius 3 is 2.73 bits per heavy atom. The van der Waals surface area contributed by atoms with Crippen LogP contribution >= 0.6 is 0 Å². The van der Waals surface area contributed by atoms with Crippen molar-refractivity contribution >= 4 is 5.91 Å². The molecule has 0 aliphatic carbocycles. The van der Waals surface area contributed by atoms with Crippen molar-refractivity contribution in [2.24, 2.45) is 7.05 Å². The number of amides is 1. The number of hydrogen-bond donors (Lipinski definition) is 0. The zero-order chi connectivity index (χ0) is 16.1. The average Bonchev–Trinajstić information content (AvgIpc) is 2.92. The standard InChI is InChI=1S/C17H23N3O2/c1-13-7-5-6-8-16(13)14(2)20(22-4)17(21)10-9-15-11-18-19(3)12-15/h5-8,11-12,14H,9-10H2,1-4H3/t14-/m0/s1. The molecule has 0 aliphatic rings. The summed E-state index contributed by atoms with van der Waals surface area (Å²) in [7, 11) is 3.41. The summed E-state index contributed by atoms with van der Waals surface area (Å²) in [4.78, 5) is 17.8. The van der Waals surface area contributed by atoms with Crippen LogP contribution in [-0.2, 0) is 23.1 Å². The first-order valence-corrected chi connectivity index (χ1v) is 7.42. The van der Waals surface area contributed by atoms with Crippen LogP contribution < -0.4 is 0 Å². The van der Waals surface area contributed by atoms with E-state index in [-0.39, 0.29) is 11.9 Å². The number of aromatic nitrogens is 2. The Kier molecular flexibility index (Phi) is 5.33. The van der Waals surface area contributed by atoms with Crippen molar-refractivity contribution in [2.45, 2.75) is 32.7 Å². The van der Waals surface area contributed by atoms with Gasteiger partial charge in [0.05, 0.1) is 19.3 Å². The van der Waals surface area contributed by atoms with Crippen LogP contribution in [0.2, 0.25) is 0 Å². The van der Waals surface area contributed by atoms with E-state index in [0.29, 0.717) is 12.8 Å². The highest BCUT2D eigenvalue weighted by Crippen LogP contribution is 2.24. The fourth-order valence-electron chi connectivity index (χ4n) is 2.62. The maximum absolute atomic E-state index is 12.5. The predicted octanol–water partition coefficient (Wildman–Crippen LogP) is 2.81. The van der Waals surface area contributed by atoms with Gasteiger partial charge in [-0.25, -0.2) is 5.06 Å². The van der Waals surface area contributed by atoms with Gasteiger partial charge in [-0.05, 0) is 37.0 Å². The largest absolute Gasteiger partial charge is 0.276 e. The highest BCUT2D eigenvalue weighted by molar-refractivity contribution is 5.76. The maximum atomic E-state index is 12.5. The fourth-order valence-corrected chi connectivity index (χ4v) is 2.62. The van der Waals surface area contributed by atoms with E-state index in [0.717, 1.165) is 16.7 Å². The quantitative estimate of drug-likeness (QED) is 0.771. The molecule has 0 N–H and O–H groups in total. The summed E-state index contributed by atoms with van der Waals surface area (Å²) in [5.41, 5.74) is 3.30. The molecular weight excluding hydrogens is 278 g/mol. The molecule has 5 heteroatoms. The van der Waals surface area contributed by atoms with Crippen molar-refractivity contribution in [3.8, 4) is 0 Å². The first kappa shape index (κ1) is 16.2. The lowest BCUT2D eigenvalue weighted by Crippen LogP contribution is -2.33. The molecule has 1 amide bonds. The fraction of sp³-hybridized carbons (Fsp3) is 0.412. The maximum Gasteiger partial charge on any atom is 0.247 e. The molecule has 0 unspecified atom stereocenters. The SMILES string of the molecule is CON(C(=O)CCc1cnn(C)c1)[C@@H](C)c1ccccc1C. The van der Waals surface area contributed by atoms with Crippen molar-refractivity contribution in [1.82, 2.24) is 14.8 Å². The summed E-state index contributed by atoms with van der Waals surface area (Å²) in [6.07, 6.45) is 4.77. The van der Waals surface area contributed by atoms with Gasteiger partial charge in [0.15, 0.2) is 0 Å². The minimum atomic E-state index is -0.118. The molecule has 0 spiro atoms. The zero-order valence-electron chi connectivity index (χ0n) is 13.6. The monoisotopic (exact) mass is 301 g/mol. The number of aryl methyl sites for hydroxylation is 3. The highest BCUT2D eigenvalue weighted by Gasteiger charge is 2.22. The molecule has 0 aliphatic heterocycles. The molecule has 118 valence electrons.